The minimum Gasteiger partial charge on any atom is -0.383 e. The molecule has 2 aromatic rings. The van der Waals surface area contributed by atoms with Crippen LogP contribution in [-0.4, -0.2) is 11.1 Å². The van der Waals surface area contributed by atoms with E-state index < -0.39 is 0 Å². The first-order valence-corrected chi connectivity index (χ1v) is 5.84. The number of rotatable bonds is 2. The molecule has 3 nitrogen and oxygen atoms in total. The maximum absolute atomic E-state index is 11.9. The minimum atomic E-state index is 0. The van der Waals surface area contributed by atoms with Crippen LogP contribution in [0.2, 0.25) is 0 Å². The molecule has 1 aliphatic heterocycles. The van der Waals surface area contributed by atoms with Crippen molar-refractivity contribution in [3.05, 3.63) is 64.1 Å². The van der Waals surface area contributed by atoms with E-state index in [4.69, 9.17) is 0 Å². The molecular weight excluding hydrogens is 248 g/mol. The summed E-state index contributed by atoms with van der Waals surface area (Å²) in [5.74, 6) is 0. The monoisotopic (exact) mass is 262 g/mol. The van der Waals surface area contributed by atoms with E-state index in [2.05, 4.69) is 5.32 Å². The summed E-state index contributed by atoms with van der Waals surface area (Å²) in [6.45, 7) is 1.57. The standard InChI is InChI=1S/C14H14N2O.ClH/c17-14-8-12-6-7-15-13(12)10-16(14)9-11-4-2-1-3-5-11;/h1-5,8,10,15H,6-7,9H2;1H. The second-order valence-corrected chi connectivity index (χ2v) is 4.34. The van der Waals surface area contributed by atoms with Crippen LogP contribution in [0.5, 0.6) is 0 Å². The summed E-state index contributed by atoms with van der Waals surface area (Å²) in [5, 5.41) is 3.29. The van der Waals surface area contributed by atoms with Crippen molar-refractivity contribution in [2.24, 2.45) is 0 Å². The number of nitrogens with one attached hydrogen (secondary N) is 1. The Kier molecular flexibility index (Phi) is 3.72. The lowest BCUT2D eigenvalue weighted by Crippen LogP contribution is -2.19. The number of nitrogens with zero attached hydrogens (tertiary/aromatic N) is 1. The Labute approximate surface area is 112 Å². The summed E-state index contributed by atoms with van der Waals surface area (Å²) >= 11 is 0. The van der Waals surface area contributed by atoms with E-state index in [1.807, 2.05) is 36.5 Å². The smallest absolute Gasteiger partial charge is 0.251 e. The van der Waals surface area contributed by atoms with E-state index in [9.17, 15) is 4.79 Å². The van der Waals surface area contributed by atoms with E-state index in [1.165, 1.54) is 0 Å². The van der Waals surface area contributed by atoms with Crippen molar-refractivity contribution in [3.8, 4) is 0 Å². The molecule has 1 aromatic carbocycles. The molecule has 0 saturated carbocycles. The SMILES string of the molecule is Cl.O=c1cc2c(cn1Cc1ccccc1)NCC2. The molecule has 18 heavy (non-hydrogen) atoms. The fraction of sp³-hybridized carbons (Fsp3) is 0.214. The van der Waals surface area contributed by atoms with E-state index >= 15 is 0 Å². The Balaban J connectivity index is 0.00000120. The molecule has 94 valence electrons. The van der Waals surface area contributed by atoms with Gasteiger partial charge < -0.3 is 9.88 Å². The van der Waals surface area contributed by atoms with Crippen molar-refractivity contribution >= 4 is 18.1 Å². The van der Waals surface area contributed by atoms with Crippen LogP contribution in [0.1, 0.15) is 11.1 Å². The summed E-state index contributed by atoms with van der Waals surface area (Å²) in [4.78, 5) is 11.9. The normalized spacial score (nSPS) is 12.4. The molecule has 3 rings (SSSR count). The topological polar surface area (TPSA) is 34.0 Å². The van der Waals surface area contributed by atoms with Crippen molar-refractivity contribution < 1.29 is 0 Å². The van der Waals surface area contributed by atoms with Gasteiger partial charge >= 0.3 is 0 Å². The first kappa shape index (κ1) is 12.7. The van der Waals surface area contributed by atoms with Gasteiger partial charge in [-0.2, -0.15) is 0 Å². The molecule has 1 aromatic heterocycles. The summed E-state index contributed by atoms with van der Waals surface area (Å²) < 4.78 is 1.76. The van der Waals surface area contributed by atoms with Gasteiger partial charge in [0.25, 0.3) is 5.56 Å². The number of aromatic nitrogens is 1. The minimum absolute atomic E-state index is 0. The third kappa shape index (κ3) is 2.41. The maximum atomic E-state index is 11.9. The van der Waals surface area contributed by atoms with E-state index in [-0.39, 0.29) is 18.0 Å². The Morgan fingerprint density at radius 3 is 2.78 bits per heavy atom. The fourth-order valence-electron chi connectivity index (χ4n) is 2.21. The average Bonchev–Trinajstić information content (AvgIpc) is 2.78. The average molecular weight is 263 g/mol. The van der Waals surface area contributed by atoms with Gasteiger partial charge in [0.1, 0.15) is 0 Å². The molecule has 2 heterocycles. The van der Waals surface area contributed by atoms with Crippen LogP contribution in [0.15, 0.2) is 47.4 Å². The third-order valence-electron chi connectivity index (χ3n) is 3.12. The molecule has 0 radical (unpaired) electrons. The Bertz CT molecular complexity index is 592. The molecule has 1 N–H and O–H groups in total. The van der Waals surface area contributed by atoms with Gasteiger partial charge in [0, 0.05) is 18.8 Å². The van der Waals surface area contributed by atoms with Crippen LogP contribution in [0.3, 0.4) is 0 Å². The lowest BCUT2D eigenvalue weighted by molar-refractivity contribution is 0.760. The van der Waals surface area contributed by atoms with Gasteiger partial charge in [0.05, 0.1) is 12.2 Å². The summed E-state index contributed by atoms with van der Waals surface area (Å²) in [5.41, 5.74) is 3.46. The highest BCUT2D eigenvalue weighted by atomic mass is 35.5. The molecule has 4 heteroatoms. The molecule has 0 saturated heterocycles. The van der Waals surface area contributed by atoms with Gasteiger partial charge in [-0.25, -0.2) is 0 Å². The van der Waals surface area contributed by atoms with Gasteiger partial charge in [0.15, 0.2) is 0 Å². The van der Waals surface area contributed by atoms with E-state index in [0.717, 1.165) is 29.8 Å². The van der Waals surface area contributed by atoms with Crippen LogP contribution < -0.4 is 10.9 Å². The highest BCUT2D eigenvalue weighted by Gasteiger charge is 2.11. The lowest BCUT2D eigenvalue weighted by Gasteiger charge is -2.08. The zero-order valence-corrected chi connectivity index (χ0v) is 10.7. The van der Waals surface area contributed by atoms with Gasteiger partial charge in [0.2, 0.25) is 0 Å². The maximum Gasteiger partial charge on any atom is 0.251 e. The van der Waals surface area contributed by atoms with Crippen molar-refractivity contribution in [2.45, 2.75) is 13.0 Å². The Hall–Kier alpha value is -1.74. The molecule has 0 atom stereocenters. The Morgan fingerprint density at radius 2 is 2.00 bits per heavy atom. The van der Waals surface area contributed by atoms with Gasteiger partial charge in [-0.05, 0) is 17.5 Å². The molecule has 0 spiro atoms. The molecule has 0 unspecified atom stereocenters. The number of fused-ring (bicyclic) bond motifs is 1. The summed E-state index contributed by atoms with van der Waals surface area (Å²) in [7, 11) is 0. The van der Waals surface area contributed by atoms with Crippen molar-refractivity contribution in [1.29, 1.82) is 0 Å². The predicted molar refractivity (Wildman–Crippen MR) is 75.7 cm³/mol. The number of halogens is 1. The van der Waals surface area contributed by atoms with E-state index in [0.29, 0.717) is 6.54 Å². The van der Waals surface area contributed by atoms with Crippen molar-refractivity contribution in [2.75, 3.05) is 11.9 Å². The zero-order valence-electron chi connectivity index (χ0n) is 9.93. The number of pyridine rings is 1. The molecule has 0 amide bonds. The third-order valence-corrected chi connectivity index (χ3v) is 3.12. The number of hydrogen-bond donors (Lipinski definition) is 1. The molecule has 1 aliphatic rings. The van der Waals surface area contributed by atoms with Crippen molar-refractivity contribution in [3.63, 3.8) is 0 Å². The van der Waals surface area contributed by atoms with Crippen LogP contribution >= 0.6 is 12.4 Å². The predicted octanol–water partition coefficient (Wildman–Crippen LogP) is 2.29. The second-order valence-electron chi connectivity index (χ2n) is 4.34. The molecule has 0 aliphatic carbocycles. The van der Waals surface area contributed by atoms with Crippen LogP contribution in [0, 0.1) is 0 Å². The highest BCUT2D eigenvalue weighted by molar-refractivity contribution is 5.85. The number of benzene rings is 1. The Morgan fingerprint density at radius 1 is 1.22 bits per heavy atom. The highest BCUT2D eigenvalue weighted by Crippen LogP contribution is 2.19. The van der Waals surface area contributed by atoms with Gasteiger partial charge in [-0.3, -0.25) is 4.79 Å². The molecular formula is C14H15ClN2O. The summed E-state index contributed by atoms with van der Waals surface area (Å²) in [6.07, 6.45) is 2.88. The fourth-order valence-corrected chi connectivity index (χ4v) is 2.21. The first-order valence-electron chi connectivity index (χ1n) is 5.84. The van der Waals surface area contributed by atoms with Gasteiger partial charge in [-0.1, -0.05) is 30.3 Å². The lowest BCUT2D eigenvalue weighted by atomic mass is 10.2. The van der Waals surface area contributed by atoms with E-state index in [1.54, 1.807) is 10.6 Å². The zero-order chi connectivity index (χ0) is 11.7. The van der Waals surface area contributed by atoms with Crippen LogP contribution in [0.4, 0.5) is 5.69 Å². The quantitative estimate of drug-likeness (QED) is 0.901. The second kappa shape index (κ2) is 5.27. The molecule has 0 bridgehead atoms. The number of anilines is 1. The van der Waals surface area contributed by atoms with Crippen LogP contribution in [0.25, 0.3) is 0 Å². The van der Waals surface area contributed by atoms with Gasteiger partial charge in [-0.15, -0.1) is 12.4 Å². The largest absolute Gasteiger partial charge is 0.383 e. The van der Waals surface area contributed by atoms with Crippen LogP contribution in [-0.2, 0) is 13.0 Å². The molecule has 0 fully saturated rings. The summed E-state index contributed by atoms with van der Waals surface area (Å²) in [6, 6.07) is 11.8. The first-order chi connectivity index (χ1) is 8.33. The number of hydrogen-bond acceptors (Lipinski definition) is 2. The van der Waals surface area contributed by atoms with Crippen molar-refractivity contribution in [1.82, 2.24) is 4.57 Å².